The van der Waals surface area contributed by atoms with Crippen LogP contribution >= 0.6 is 0 Å². The van der Waals surface area contributed by atoms with Gasteiger partial charge in [0.05, 0.1) is 19.6 Å². The van der Waals surface area contributed by atoms with Crippen LogP contribution in [-0.4, -0.2) is 62.4 Å². The number of ether oxygens (including phenoxy) is 1. The van der Waals surface area contributed by atoms with Crippen molar-refractivity contribution in [2.45, 2.75) is 31.8 Å². The summed E-state index contributed by atoms with van der Waals surface area (Å²) in [5, 5.41) is 12.8. The molecule has 1 aliphatic rings. The number of aliphatic hydroxyl groups excluding tert-OH is 1. The number of piperidine rings is 1. The Morgan fingerprint density at radius 3 is 2.78 bits per heavy atom. The zero-order valence-corrected chi connectivity index (χ0v) is 11.5. The van der Waals surface area contributed by atoms with Gasteiger partial charge in [-0.05, 0) is 51.9 Å². The summed E-state index contributed by atoms with van der Waals surface area (Å²) in [6.07, 6.45) is 3.11. The van der Waals surface area contributed by atoms with Crippen molar-refractivity contribution in [3.05, 3.63) is 0 Å². The highest BCUT2D eigenvalue weighted by Gasteiger charge is 2.16. The Kier molecular flexibility index (Phi) is 7.23. The van der Waals surface area contributed by atoms with Crippen molar-refractivity contribution in [2.24, 2.45) is 5.92 Å². The molecular weight excluding hydrogens is 232 g/mol. The first-order chi connectivity index (χ1) is 8.61. The molecule has 5 nitrogen and oxygen atoms in total. The number of hydrogen-bond donors (Lipinski definition) is 2. The molecule has 0 saturated carbocycles. The Morgan fingerprint density at radius 2 is 2.17 bits per heavy atom. The average Bonchev–Trinajstić information content (AvgIpc) is 2.36. The van der Waals surface area contributed by atoms with Gasteiger partial charge in [-0.15, -0.1) is 0 Å². The van der Waals surface area contributed by atoms with Crippen molar-refractivity contribution in [2.75, 3.05) is 40.3 Å². The molecule has 0 radical (unpaired) electrons. The van der Waals surface area contributed by atoms with Gasteiger partial charge in [-0.2, -0.15) is 0 Å². The number of likely N-dealkylation sites (tertiary alicyclic amines) is 1. The summed E-state index contributed by atoms with van der Waals surface area (Å²) in [4.78, 5) is 13.3. The van der Waals surface area contributed by atoms with Gasteiger partial charge in [-0.25, -0.2) is 0 Å². The topological polar surface area (TPSA) is 61.8 Å². The number of nitrogens with one attached hydrogen (secondary N) is 1. The van der Waals surface area contributed by atoms with Crippen LogP contribution in [0.25, 0.3) is 0 Å². The molecule has 1 heterocycles. The molecule has 1 atom stereocenters. The Balaban J connectivity index is 1.99. The normalized spacial score (nSPS) is 19.7. The quantitative estimate of drug-likeness (QED) is 0.506. The molecule has 0 aromatic heterocycles. The molecule has 5 heteroatoms. The van der Waals surface area contributed by atoms with E-state index in [4.69, 9.17) is 0 Å². The van der Waals surface area contributed by atoms with E-state index in [1.54, 1.807) is 0 Å². The van der Waals surface area contributed by atoms with Gasteiger partial charge in [0, 0.05) is 6.54 Å². The van der Waals surface area contributed by atoms with Crippen LogP contribution in [-0.2, 0) is 9.53 Å². The Labute approximate surface area is 109 Å². The second kappa shape index (κ2) is 8.45. The summed E-state index contributed by atoms with van der Waals surface area (Å²) in [5.41, 5.74) is 0. The van der Waals surface area contributed by atoms with Gasteiger partial charge in [0.15, 0.2) is 0 Å². The van der Waals surface area contributed by atoms with Crippen molar-refractivity contribution >= 4 is 5.97 Å². The van der Waals surface area contributed by atoms with Crippen molar-refractivity contribution in [3.63, 3.8) is 0 Å². The summed E-state index contributed by atoms with van der Waals surface area (Å²) in [7, 11) is 3.50. The number of esters is 1. The van der Waals surface area contributed by atoms with E-state index in [0.29, 0.717) is 6.54 Å². The minimum Gasteiger partial charge on any atom is -0.469 e. The molecule has 0 aromatic rings. The smallest absolute Gasteiger partial charge is 0.308 e. The Morgan fingerprint density at radius 1 is 1.50 bits per heavy atom. The maximum atomic E-state index is 10.9. The van der Waals surface area contributed by atoms with Crippen LogP contribution in [0.4, 0.5) is 0 Å². The molecule has 106 valence electrons. The van der Waals surface area contributed by atoms with Gasteiger partial charge in [0.1, 0.15) is 0 Å². The number of carbonyl (C=O) groups excluding carboxylic acids is 1. The van der Waals surface area contributed by atoms with E-state index >= 15 is 0 Å². The zero-order valence-electron chi connectivity index (χ0n) is 11.5. The first-order valence-electron chi connectivity index (χ1n) is 6.76. The molecular formula is C13H26N2O3. The molecule has 1 rings (SSSR count). The van der Waals surface area contributed by atoms with Crippen molar-refractivity contribution in [1.29, 1.82) is 0 Å². The molecule has 1 aliphatic heterocycles. The van der Waals surface area contributed by atoms with E-state index in [1.807, 2.05) is 0 Å². The van der Waals surface area contributed by atoms with Gasteiger partial charge in [0.25, 0.3) is 0 Å². The van der Waals surface area contributed by atoms with E-state index in [0.717, 1.165) is 18.9 Å². The fourth-order valence-corrected chi connectivity index (χ4v) is 2.27. The largest absolute Gasteiger partial charge is 0.469 e. The molecule has 1 saturated heterocycles. The van der Waals surface area contributed by atoms with Crippen LogP contribution in [0.5, 0.6) is 0 Å². The lowest BCUT2D eigenvalue weighted by molar-refractivity contribution is -0.142. The Bertz CT molecular complexity index is 240. The van der Waals surface area contributed by atoms with E-state index in [9.17, 15) is 9.90 Å². The van der Waals surface area contributed by atoms with Gasteiger partial charge in [0.2, 0.25) is 0 Å². The summed E-state index contributed by atoms with van der Waals surface area (Å²) in [6.45, 7) is 3.75. The predicted molar refractivity (Wildman–Crippen MR) is 70.3 cm³/mol. The summed E-state index contributed by atoms with van der Waals surface area (Å²) in [5.74, 6) is 0.436. The van der Waals surface area contributed by atoms with Gasteiger partial charge >= 0.3 is 5.97 Å². The molecule has 1 fully saturated rings. The van der Waals surface area contributed by atoms with E-state index < -0.39 is 6.10 Å². The van der Waals surface area contributed by atoms with Gasteiger partial charge < -0.3 is 20.1 Å². The van der Waals surface area contributed by atoms with E-state index in [2.05, 4.69) is 22.0 Å². The second-order valence-corrected chi connectivity index (χ2v) is 5.17. The highest BCUT2D eigenvalue weighted by atomic mass is 16.5. The summed E-state index contributed by atoms with van der Waals surface area (Å²) < 4.78 is 4.50. The van der Waals surface area contributed by atoms with Crippen LogP contribution in [0.2, 0.25) is 0 Å². The molecule has 0 amide bonds. The first kappa shape index (κ1) is 15.4. The molecule has 0 aromatic carbocycles. The minimum absolute atomic E-state index is 0.0672. The van der Waals surface area contributed by atoms with Crippen molar-refractivity contribution in [1.82, 2.24) is 10.2 Å². The molecule has 2 N–H and O–H groups in total. The van der Waals surface area contributed by atoms with Crippen LogP contribution < -0.4 is 5.32 Å². The summed E-state index contributed by atoms with van der Waals surface area (Å²) >= 11 is 0. The number of carbonyl (C=O) groups is 1. The van der Waals surface area contributed by atoms with Gasteiger partial charge in [-0.3, -0.25) is 4.79 Å². The molecule has 0 bridgehead atoms. The third-order valence-corrected chi connectivity index (χ3v) is 3.58. The van der Waals surface area contributed by atoms with E-state index in [-0.39, 0.29) is 12.4 Å². The van der Waals surface area contributed by atoms with Crippen LogP contribution in [0.15, 0.2) is 0 Å². The monoisotopic (exact) mass is 258 g/mol. The fraction of sp³-hybridized carbons (Fsp3) is 0.923. The highest BCUT2D eigenvalue weighted by Crippen LogP contribution is 2.18. The van der Waals surface area contributed by atoms with Crippen molar-refractivity contribution in [3.8, 4) is 0 Å². The minimum atomic E-state index is -0.644. The number of rotatable bonds is 7. The maximum Gasteiger partial charge on any atom is 0.308 e. The molecule has 18 heavy (non-hydrogen) atoms. The van der Waals surface area contributed by atoms with Crippen molar-refractivity contribution < 1.29 is 14.6 Å². The highest BCUT2D eigenvalue weighted by molar-refractivity contribution is 5.69. The zero-order chi connectivity index (χ0) is 13.4. The van der Waals surface area contributed by atoms with E-state index in [1.165, 1.54) is 33.0 Å². The maximum absolute atomic E-state index is 10.9. The standard InChI is InChI=1S/C13H26N2O3/c1-15-7-4-11(5-8-15)3-6-14-10-12(16)9-13(17)18-2/h11-12,14,16H,3-10H2,1-2H3. The predicted octanol–water partition coefficient (Wildman–Crippen LogP) is 0.232. The Hall–Kier alpha value is -0.650. The SMILES string of the molecule is COC(=O)CC(O)CNCCC1CCN(C)CC1. The number of nitrogens with zero attached hydrogens (tertiary/aromatic N) is 1. The van der Waals surface area contributed by atoms with Crippen LogP contribution in [0.1, 0.15) is 25.7 Å². The first-order valence-corrected chi connectivity index (χ1v) is 6.76. The lowest BCUT2D eigenvalue weighted by Gasteiger charge is -2.29. The number of hydrogen-bond acceptors (Lipinski definition) is 5. The van der Waals surface area contributed by atoms with Crippen LogP contribution in [0, 0.1) is 5.92 Å². The fourth-order valence-electron chi connectivity index (χ4n) is 2.27. The molecule has 0 aliphatic carbocycles. The average molecular weight is 258 g/mol. The second-order valence-electron chi connectivity index (χ2n) is 5.17. The lowest BCUT2D eigenvalue weighted by Crippen LogP contribution is -2.33. The summed E-state index contributed by atoms with van der Waals surface area (Å²) in [6, 6.07) is 0. The van der Waals surface area contributed by atoms with Gasteiger partial charge in [-0.1, -0.05) is 0 Å². The number of methoxy groups -OCH3 is 1. The third kappa shape index (κ3) is 6.33. The number of aliphatic hydroxyl groups is 1. The molecule has 0 spiro atoms. The molecule has 1 unspecified atom stereocenters. The third-order valence-electron chi connectivity index (χ3n) is 3.58. The lowest BCUT2D eigenvalue weighted by atomic mass is 9.94. The van der Waals surface area contributed by atoms with Crippen LogP contribution in [0.3, 0.4) is 0 Å².